The summed E-state index contributed by atoms with van der Waals surface area (Å²) in [6.07, 6.45) is 1.02. The summed E-state index contributed by atoms with van der Waals surface area (Å²) in [5, 5.41) is 0. The van der Waals surface area contributed by atoms with Gasteiger partial charge in [0.1, 0.15) is 5.75 Å². The minimum absolute atomic E-state index is 0.196. The molecule has 3 heteroatoms. The first kappa shape index (κ1) is 9.99. The Labute approximate surface area is 92.6 Å². The summed E-state index contributed by atoms with van der Waals surface area (Å²) in [6, 6.07) is 6.34. The quantitative estimate of drug-likeness (QED) is 0.837. The van der Waals surface area contributed by atoms with E-state index < -0.39 is 0 Å². The van der Waals surface area contributed by atoms with Gasteiger partial charge >= 0.3 is 0 Å². The van der Waals surface area contributed by atoms with E-state index in [-0.39, 0.29) is 6.04 Å². The molecular formula is C11H14BrNO. The third kappa shape index (κ3) is 1.79. The molecule has 0 aliphatic carbocycles. The molecule has 0 bridgehead atoms. The van der Waals surface area contributed by atoms with E-state index in [9.17, 15) is 0 Å². The van der Waals surface area contributed by atoms with Crippen molar-refractivity contribution >= 4 is 15.9 Å². The fourth-order valence-corrected chi connectivity index (χ4v) is 2.27. The van der Waals surface area contributed by atoms with Crippen molar-refractivity contribution in [1.82, 2.24) is 0 Å². The van der Waals surface area contributed by atoms with Gasteiger partial charge in [0.2, 0.25) is 0 Å². The second-order valence-corrected chi connectivity index (χ2v) is 4.72. The molecule has 0 aromatic heterocycles. The summed E-state index contributed by atoms with van der Waals surface area (Å²) in [5.74, 6) is 1.43. The van der Waals surface area contributed by atoms with Crippen molar-refractivity contribution in [3.05, 3.63) is 28.2 Å². The van der Waals surface area contributed by atoms with Crippen molar-refractivity contribution in [3.8, 4) is 5.75 Å². The summed E-state index contributed by atoms with van der Waals surface area (Å²) in [5.41, 5.74) is 7.13. The molecule has 14 heavy (non-hydrogen) atoms. The van der Waals surface area contributed by atoms with Gasteiger partial charge < -0.3 is 10.5 Å². The highest BCUT2D eigenvalue weighted by Gasteiger charge is 2.23. The highest BCUT2D eigenvalue weighted by atomic mass is 79.9. The molecule has 76 valence electrons. The molecule has 0 radical (unpaired) electrons. The zero-order valence-corrected chi connectivity index (χ0v) is 9.75. The van der Waals surface area contributed by atoms with Crippen LogP contribution in [-0.4, -0.2) is 12.6 Å². The summed E-state index contributed by atoms with van der Waals surface area (Å²) in [7, 11) is 0. The van der Waals surface area contributed by atoms with Crippen LogP contribution in [0.2, 0.25) is 0 Å². The number of rotatable bonds is 1. The molecule has 0 fully saturated rings. The van der Waals surface area contributed by atoms with Crippen molar-refractivity contribution in [1.29, 1.82) is 0 Å². The second kappa shape index (κ2) is 3.91. The van der Waals surface area contributed by atoms with Crippen LogP contribution < -0.4 is 10.5 Å². The van der Waals surface area contributed by atoms with Gasteiger partial charge in [-0.3, -0.25) is 0 Å². The van der Waals surface area contributed by atoms with Gasteiger partial charge in [0.25, 0.3) is 0 Å². The highest BCUT2D eigenvalue weighted by Crippen LogP contribution is 2.34. The molecule has 0 spiro atoms. The van der Waals surface area contributed by atoms with Gasteiger partial charge in [-0.2, -0.15) is 0 Å². The number of nitrogens with two attached hydrogens (primary N) is 1. The number of hydrogen-bond donors (Lipinski definition) is 1. The van der Waals surface area contributed by atoms with Crippen LogP contribution >= 0.6 is 15.9 Å². The molecule has 1 unspecified atom stereocenters. The lowest BCUT2D eigenvalue weighted by atomic mass is 9.92. The van der Waals surface area contributed by atoms with E-state index in [1.54, 1.807) is 0 Å². The Morgan fingerprint density at radius 2 is 2.36 bits per heavy atom. The average Bonchev–Trinajstić information content (AvgIpc) is 2.17. The van der Waals surface area contributed by atoms with Gasteiger partial charge in [0.05, 0.1) is 11.1 Å². The van der Waals surface area contributed by atoms with Crippen LogP contribution in [0.3, 0.4) is 0 Å². The lowest BCUT2D eigenvalue weighted by Gasteiger charge is -2.28. The zero-order valence-electron chi connectivity index (χ0n) is 8.16. The first-order valence-corrected chi connectivity index (χ1v) is 5.63. The van der Waals surface area contributed by atoms with E-state index in [1.807, 2.05) is 19.1 Å². The van der Waals surface area contributed by atoms with Crippen LogP contribution in [0.4, 0.5) is 0 Å². The fourth-order valence-electron chi connectivity index (χ4n) is 1.75. The van der Waals surface area contributed by atoms with Gasteiger partial charge in [-0.1, -0.05) is 12.1 Å². The lowest BCUT2D eigenvalue weighted by molar-refractivity contribution is 0.203. The molecule has 1 aliphatic rings. The predicted molar refractivity (Wildman–Crippen MR) is 60.5 cm³/mol. The number of ether oxygens (including phenoxy) is 1. The third-order valence-electron chi connectivity index (χ3n) is 2.72. The Kier molecular flexibility index (Phi) is 2.79. The van der Waals surface area contributed by atoms with Gasteiger partial charge in [-0.25, -0.2) is 0 Å². The van der Waals surface area contributed by atoms with E-state index in [0.29, 0.717) is 5.92 Å². The number of halogens is 1. The van der Waals surface area contributed by atoms with Crippen molar-refractivity contribution in [2.45, 2.75) is 19.4 Å². The molecule has 1 aliphatic heterocycles. The Morgan fingerprint density at radius 1 is 1.57 bits per heavy atom. The molecule has 1 aromatic carbocycles. The average molecular weight is 256 g/mol. The molecule has 1 aromatic rings. The molecule has 2 atom stereocenters. The first-order valence-electron chi connectivity index (χ1n) is 4.84. The summed E-state index contributed by atoms with van der Waals surface area (Å²) < 4.78 is 6.74. The van der Waals surface area contributed by atoms with Crippen molar-refractivity contribution in [3.63, 3.8) is 0 Å². The minimum atomic E-state index is 0.196. The summed E-state index contributed by atoms with van der Waals surface area (Å²) >= 11 is 3.48. The van der Waals surface area contributed by atoms with Crippen LogP contribution in [0.5, 0.6) is 5.75 Å². The molecule has 0 saturated heterocycles. The maximum atomic E-state index is 5.87. The van der Waals surface area contributed by atoms with Crippen molar-refractivity contribution in [2.24, 2.45) is 11.7 Å². The smallest absolute Gasteiger partial charge is 0.136 e. The SMILES string of the molecule is C[C@@H](N)C1COc2c(Br)cccc2C1. The fraction of sp³-hybridized carbons (Fsp3) is 0.455. The maximum Gasteiger partial charge on any atom is 0.136 e. The van der Waals surface area contributed by atoms with Crippen molar-refractivity contribution < 1.29 is 4.74 Å². The van der Waals surface area contributed by atoms with Gasteiger partial charge in [-0.15, -0.1) is 0 Å². The lowest BCUT2D eigenvalue weighted by Crippen LogP contribution is -2.35. The van der Waals surface area contributed by atoms with E-state index in [2.05, 4.69) is 22.0 Å². The number of para-hydroxylation sites is 1. The van der Waals surface area contributed by atoms with E-state index >= 15 is 0 Å². The molecule has 2 nitrogen and oxygen atoms in total. The normalized spacial score (nSPS) is 22.4. The molecule has 2 rings (SSSR count). The van der Waals surface area contributed by atoms with Crippen LogP contribution in [0, 0.1) is 5.92 Å². The minimum Gasteiger partial charge on any atom is -0.492 e. The Morgan fingerprint density at radius 3 is 3.07 bits per heavy atom. The summed E-state index contributed by atoms with van der Waals surface area (Å²) in [6.45, 7) is 2.77. The molecule has 2 N–H and O–H groups in total. The Bertz CT molecular complexity index is 338. The van der Waals surface area contributed by atoms with E-state index in [0.717, 1.165) is 23.2 Å². The Hall–Kier alpha value is -0.540. The zero-order chi connectivity index (χ0) is 10.1. The Balaban J connectivity index is 2.27. The molecule has 0 saturated carbocycles. The third-order valence-corrected chi connectivity index (χ3v) is 3.34. The predicted octanol–water partition coefficient (Wildman–Crippen LogP) is 2.35. The van der Waals surface area contributed by atoms with Gasteiger partial charge in [0, 0.05) is 12.0 Å². The summed E-state index contributed by atoms with van der Waals surface area (Å²) in [4.78, 5) is 0. The monoisotopic (exact) mass is 255 g/mol. The number of hydrogen-bond acceptors (Lipinski definition) is 2. The van der Waals surface area contributed by atoms with Crippen LogP contribution in [0.15, 0.2) is 22.7 Å². The first-order chi connectivity index (χ1) is 6.68. The van der Waals surface area contributed by atoms with E-state index in [1.165, 1.54) is 5.56 Å². The largest absolute Gasteiger partial charge is 0.492 e. The molecule has 1 heterocycles. The maximum absolute atomic E-state index is 5.87. The molecule has 0 amide bonds. The van der Waals surface area contributed by atoms with Gasteiger partial charge in [-0.05, 0) is 40.9 Å². The van der Waals surface area contributed by atoms with Crippen LogP contribution in [-0.2, 0) is 6.42 Å². The van der Waals surface area contributed by atoms with E-state index in [4.69, 9.17) is 10.5 Å². The number of benzene rings is 1. The molecular weight excluding hydrogens is 242 g/mol. The second-order valence-electron chi connectivity index (χ2n) is 3.86. The van der Waals surface area contributed by atoms with Crippen LogP contribution in [0.1, 0.15) is 12.5 Å². The van der Waals surface area contributed by atoms with Gasteiger partial charge in [0.15, 0.2) is 0 Å². The standard InChI is InChI=1S/C11H14BrNO/c1-7(13)9-5-8-3-2-4-10(12)11(8)14-6-9/h2-4,7,9H,5-6,13H2,1H3/t7-,9?/m1/s1. The highest BCUT2D eigenvalue weighted by molar-refractivity contribution is 9.10. The van der Waals surface area contributed by atoms with Crippen molar-refractivity contribution in [2.75, 3.05) is 6.61 Å². The number of fused-ring (bicyclic) bond motifs is 1. The topological polar surface area (TPSA) is 35.2 Å². The van der Waals surface area contributed by atoms with Crippen LogP contribution in [0.25, 0.3) is 0 Å².